The van der Waals surface area contributed by atoms with Crippen LogP contribution < -0.4 is 0 Å². The Bertz CT molecular complexity index is 431. The lowest BCUT2D eigenvalue weighted by Gasteiger charge is -2.15. The largest absolute Gasteiger partial charge is 0.459 e. The van der Waals surface area contributed by atoms with Crippen LogP contribution in [0.3, 0.4) is 0 Å². The smallest absolute Gasteiger partial charge is 0.338 e. The fourth-order valence-corrected chi connectivity index (χ4v) is 1.23. The average molecular weight is 251 g/mol. The van der Waals surface area contributed by atoms with Crippen molar-refractivity contribution in [2.24, 2.45) is 5.11 Å². The van der Waals surface area contributed by atoms with Crippen LogP contribution in [0.2, 0.25) is 0 Å². The molecule has 0 aliphatic rings. The first-order chi connectivity index (χ1) is 8.69. The molecule has 7 nitrogen and oxygen atoms in total. The van der Waals surface area contributed by atoms with Crippen molar-refractivity contribution in [2.45, 2.75) is 12.1 Å². The summed E-state index contributed by atoms with van der Waals surface area (Å²) >= 11 is 0. The van der Waals surface area contributed by atoms with Crippen LogP contribution in [0.25, 0.3) is 10.4 Å². The monoisotopic (exact) mass is 251 g/mol. The molecule has 0 saturated carbocycles. The van der Waals surface area contributed by atoms with Crippen molar-refractivity contribution in [1.29, 1.82) is 0 Å². The van der Waals surface area contributed by atoms with Gasteiger partial charge in [0.1, 0.15) is 6.61 Å². The van der Waals surface area contributed by atoms with Crippen LogP contribution >= 0.6 is 0 Å². The Morgan fingerprint density at radius 1 is 1.44 bits per heavy atom. The lowest BCUT2D eigenvalue weighted by atomic mass is 10.2. The molecular formula is C11H13N3O4. The molecule has 1 rings (SSSR count). The van der Waals surface area contributed by atoms with Gasteiger partial charge in [0.25, 0.3) is 0 Å². The molecule has 2 atom stereocenters. The fourth-order valence-electron chi connectivity index (χ4n) is 1.23. The Morgan fingerprint density at radius 3 is 2.67 bits per heavy atom. The quantitative estimate of drug-likeness (QED) is 0.338. The predicted molar refractivity (Wildman–Crippen MR) is 62.8 cm³/mol. The van der Waals surface area contributed by atoms with Gasteiger partial charge in [-0.25, -0.2) is 4.79 Å². The number of hydrogen-bond donors (Lipinski definition) is 2. The highest BCUT2D eigenvalue weighted by Gasteiger charge is 2.19. The maximum Gasteiger partial charge on any atom is 0.338 e. The first kappa shape index (κ1) is 14.0. The van der Waals surface area contributed by atoms with Gasteiger partial charge in [-0.1, -0.05) is 23.3 Å². The van der Waals surface area contributed by atoms with Gasteiger partial charge >= 0.3 is 5.97 Å². The zero-order valence-electron chi connectivity index (χ0n) is 9.51. The van der Waals surface area contributed by atoms with E-state index in [0.717, 1.165) is 0 Å². The Morgan fingerprint density at radius 2 is 2.11 bits per heavy atom. The number of carbonyl (C=O) groups is 1. The minimum Gasteiger partial charge on any atom is -0.459 e. The van der Waals surface area contributed by atoms with Crippen molar-refractivity contribution in [3.05, 3.63) is 46.3 Å². The number of ether oxygens (including phenoxy) is 1. The summed E-state index contributed by atoms with van der Waals surface area (Å²) in [7, 11) is 0. The van der Waals surface area contributed by atoms with Gasteiger partial charge in [0.05, 0.1) is 24.3 Å². The van der Waals surface area contributed by atoms with Gasteiger partial charge in [-0.3, -0.25) is 0 Å². The van der Waals surface area contributed by atoms with E-state index in [9.17, 15) is 9.90 Å². The maximum absolute atomic E-state index is 11.5. The Kier molecular flexibility index (Phi) is 5.66. The van der Waals surface area contributed by atoms with E-state index in [4.69, 9.17) is 15.4 Å². The molecule has 0 aliphatic heterocycles. The summed E-state index contributed by atoms with van der Waals surface area (Å²) < 4.78 is 4.84. The van der Waals surface area contributed by atoms with Crippen LogP contribution in [0.1, 0.15) is 10.4 Å². The van der Waals surface area contributed by atoms with E-state index in [-0.39, 0.29) is 6.61 Å². The molecule has 0 amide bonds. The minimum absolute atomic E-state index is 0.349. The van der Waals surface area contributed by atoms with Crippen molar-refractivity contribution < 1.29 is 19.7 Å². The molecule has 2 N–H and O–H groups in total. The van der Waals surface area contributed by atoms with E-state index in [1.54, 1.807) is 30.3 Å². The summed E-state index contributed by atoms with van der Waals surface area (Å²) in [4.78, 5) is 14.0. The first-order valence-electron chi connectivity index (χ1n) is 5.24. The van der Waals surface area contributed by atoms with Crippen LogP contribution in [0.15, 0.2) is 35.4 Å². The van der Waals surface area contributed by atoms with Gasteiger partial charge in [0, 0.05) is 4.91 Å². The molecule has 0 fully saturated rings. The second-order valence-corrected chi connectivity index (χ2v) is 3.49. The molecule has 96 valence electrons. The molecule has 0 saturated heterocycles. The average Bonchev–Trinajstić information content (AvgIpc) is 2.42. The predicted octanol–water partition coefficient (Wildman–Crippen LogP) is 0.876. The number of aliphatic hydroxyl groups excluding tert-OH is 2. The molecule has 0 bridgehead atoms. The number of rotatable bonds is 6. The highest BCUT2D eigenvalue weighted by molar-refractivity contribution is 5.89. The zero-order chi connectivity index (χ0) is 13.4. The Labute approximate surface area is 103 Å². The van der Waals surface area contributed by atoms with Crippen LogP contribution in [-0.4, -0.2) is 41.5 Å². The number of carbonyl (C=O) groups excluding carboxylic acids is 1. The van der Waals surface area contributed by atoms with Crippen molar-refractivity contribution in [3.8, 4) is 0 Å². The topological polar surface area (TPSA) is 116 Å². The second-order valence-electron chi connectivity index (χ2n) is 3.49. The summed E-state index contributed by atoms with van der Waals surface area (Å²) in [5.41, 5.74) is 8.56. The van der Waals surface area contributed by atoms with E-state index in [1.807, 2.05) is 0 Å². The summed E-state index contributed by atoms with van der Waals surface area (Å²) in [5, 5.41) is 21.6. The molecule has 7 heteroatoms. The SMILES string of the molecule is [N-]=[N+]=N[C@@H](CO)[C@H](O)COC(=O)c1ccccc1. The highest BCUT2D eigenvalue weighted by atomic mass is 16.5. The fraction of sp³-hybridized carbons (Fsp3) is 0.364. The molecule has 0 aliphatic carbocycles. The van der Waals surface area contributed by atoms with E-state index < -0.39 is 24.7 Å². The van der Waals surface area contributed by atoms with Gasteiger partial charge in [0.15, 0.2) is 0 Å². The standard InChI is InChI=1S/C11H13N3O4/c12-14-13-9(6-15)10(16)7-18-11(17)8-4-2-1-3-5-8/h1-5,9-10,15-16H,6-7H2/t9-,10+/m0/s1. The van der Waals surface area contributed by atoms with Crippen LogP contribution in [0.4, 0.5) is 0 Å². The number of aliphatic hydroxyl groups is 2. The maximum atomic E-state index is 11.5. The molecule has 18 heavy (non-hydrogen) atoms. The van der Waals surface area contributed by atoms with Crippen molar-refractivity contribution >= 4 is 5.97 Å². The van der Waals surface area contributed by atoms with Gasteiger partial charge < -0.3 is 14.9 Å². The van der Waals surface area contributed by atoms with Gasteiger partial charge in [-0.15, -0.1) is 0 Å². The zero-order valence-corrected chi connectivity index (χ0v) is 9.51. The molecule has 0 heterocycles. The molecule has 1 aromatic carbocycles. The van der Waals surface area contributed by atoms with Crippen LogP contribution in [-0.2, 0) is 4.74 Å². The third-order valence-corrected chi connectivity index (χ3v) is 2.23. The number of azide groups is 1. The summed E-state index contributed by atoms with van der Waals surface area (Å²) in [6.45, 7) is -0.869. The molecule has 1 aromatic rings. The van der Waals surface area contributed by atoms with E-state index in [2.05, 4.69) is 10.0 Å². The Hall–Kier alpha value is -2.08. The van der Waals surface area contributed by atoms with Crippen LogP contribution in [0, 0.1) is 0 Å². The number of hydrogen-bond acceptors (Lipinski definition) is 5. The molecule has 0 unspecified atom stereocenters. The van der Waals surface area contributed by atoms with Gasteiger partial charge in [-0.05, 0) is 17.7 Å². The summed E-state index contributed by atoms with van der Waals surface area (Å²) in [6.07, 6.45) is -1.24. The van der Waals surface area contributed by atoms with Crippen molar-refractivity contribution in [2.75, 3.05) is 13.2 Å². The van der Waals surface area contributed by atoms with E-state index in [0.29, 0.717) is 5.56 Å². The van der Waals surface area contributed by atoms with Gasteiger partial charge in [-0.2, -0.15) is 0 Å². The molecular weight excluding hydrogens is 238 g/mol. The third kappa shape index (κ3) is 4.06. The molecule has 0 aromatic heterocycles. The number of benzene rings is 1. The number of nitrogens with zero attached hydrogens (tertiary/aromatic N) is 3. The first-order valence-corrected chi connectivity index (χ1v) is 5.24. The second kappa shape index (κ2) is 7.29. The van der Waals surface area contributed by atoms with E-state index >= 15 is 0 Å². The normalized spacial score (nSPS) is 13.2. The molecule has 0 radical (unpaired) electrons. The van der Waals surface area contributed by atoms with Crippen molar-refractivity contribution in [1.82, 2.24) is 0 Å². The summed E-state index contributed by atoms with van der Waals surface area (Å²) in [6, 6.07) is 7.25. The lowest BCUT2D eigenvalue weighted by Crippen LogP contribution is -2.32. The lowest BCUT2D eigenvalue weighted by molar-refractivity contribution is 0.0134. The number of esters is 1. The van der Waals surface area contributed by atoms with Crippen molar-refractivity contribution in [3.63, 3.8) is 0 Å². The Balaban J connectivity index is 2.50. The third-order valence-electron chi connectivity index (χ3n) is 2.23. The van der Waals surface area contributed by atoms with E-state index in [1.165, 1.54) is 0 Å². The summed E-state index contributed by atoms with van der Waals surface area (Å²) in [5.74, 6) is -0.590. The van der Waals surface area contributed by atoms with Gasteiger partial charge in [0.2, 0.25) is 0 Å². The highest BCUT2D eigenvalue weighted by Crippen LogP contribution is 2.04. The minimum atomic E-state index is -1.24. The van der Waals surface area contributed by atoms with Crippen LogP contribution in [0.5, 0.6) is 0 Å². The molecule has 0 spiro atoms.